The quantitative estimate of drug-likeness (QED) is 0.780. The van der Waals surface area contributed by atoms with Crippen molar-refractivity contribution in [3.63, 3.8) is 0 Å². The number of carbonyl (C=O) groups is 2. The first kappa shape index (κ1) is 17.5. The van der Waals surface area contributed by atoms with Crippen molar-refractivity contribution in [3.8, 4) is 0 Å². The minimum atomic E-state index is -0.832. The van der Waals surface area contributed by atoms with Gasteiger partial charge in [-0.2, -0.15) is 0 Å². The van der Waals surface area contributed by atoms with Crippen LogP contribution in [0.5, 0.6) is 0 Å². The normalized spacial score (nSPS) is 15.1. The molecular weight excluding hydrogens is 288 g/mol. The van der Waals surface area contributed by atoms with Crippen LogP contribution in [0.3, 0.4) is 0 Å². The molecule has 1 N–H and O–H groups in total. The molecule has 0 bridgehead atoms. The van der Waals surface area contributed by atoms with E-state index in [1.807, 2.05) is 36.9 Å². The average Bonchev–Trinajstić information content (AvgIpc) is 3.31. The number of anilines is 1. The predicted octanol–water partition coefficient (Wildman–Crippen LogP) is 3.67. The summed E-state index contributed by atoms with van der Waals surface area (Å²) >= 11 is 0. The molecular formula is C19H28N2O2. The summed E-state index contributed by atoms with van der Waals surface area (Å²) in [5.74, 6) is -0.143. The Bertz CT molecular complexity index is 585. The highest BCUT2D eigenvalue weighted by Gasteiger charge is 2.57. The van der Waals surface area contributed by atoms with Gasteiger partial charge in [0.05, 0.1) is 0 Å². The van der Waals surface area contributed by atoms with Crippen molar-refractivity contribution in [1.82, 2.24) is 4.90 Å². The zero-order chi connectivity index (χ0) is 17.0. The van der Waals surface area contributed by atoms with E-state index in [1.54, 1.807) is 0 Å². The number of rotatable bonds is 7. The number of amides is 2. The Morgan fingerprint density at radius 2 is 1.74 bits per heavy atom. The molecule has 0 aromatic heterocycles. The fourth-order valence-corrected chi connectivity index (χ4v) is 3.02. The van der Waals surface area contributed by atoms with Crippen molar-refractivity contribution in [2.45, 2.75) is 53.4 Å². The number of benzene rings is 1. The first-order valence-corrected chi connectivity index (χ1v) is 8.62. The monoisotopic (exact) mass is 316 g/mol. The van der Waals surface area contributed by atoms with Gasteiger partial charge in [0, 0.05) is 18.8 Å². The van der Waals surface area contributed by atoms with E-state index in [1.165, 1.54) is 0 Å². The van der Waals surface area contributed by atoms with Crippen molar-refractivity contribution >= 4 is 17.5 Å². The summed E-state index contributed by atoms with van der Waals surface area (Å²) in [7, 11) is 0. The van der Waals surface area contributed by atoms with Crippen LogP contribution in [-0.2, 0) is 9.59 Å². The molecule has 126 valence electrons. The molecule has 1 aliphatic carbocycles. The van der Waals surface area contributed by atoms with Crippen LogP contribution < -0.4 is 5.32 Å². The Hall–Kier alpha value is -1.84. The highest BCUT2D eigenvalue weighted by Crippen LogP contribution is 2.48. The maximum Gasteiger partial charge on any atom is 0.240 e. The lowest BCUT2D eigenvalue weighted by Crippen LogP contribution is -2.43. The number of hydrogen-bond donors (Lipinski definition) is 1. The molecule has 23 heavy (non-hydrogen) atoms. The van der Waals surface area contributed by atoms with E-state index in [0.717, 1.165) is 42.7 Å². The molecule has 0 atom stereocenters. The summed E-state index contributed by atoms with van der Waals surface area (Å²) in [6.45, 7) is 9.58. The van der Waals surface area contributed by atoms with Crippen LogP contribution in [-0.4, -0.2) is 29.8 Å². The van der Waals surface area contributed by atoms with E-state index in [-0.39, 0.29) is 11.8 Å². The van der Waals surface area contributed by atoms with Crippen molar-refractivity contribution in [2.75, 3.05) is 18.4 Å². The molecule has 1 fully saturated rings. The summed E-state index contributed by atoms with van der Waals surface area (Å²) in [4.78, 5) is 27.4. The minimum Gasteiger partial charge on any atom is -0.342 e. The molecule has 0 aliphatic heterocycles. The summed E-state index contributed by atoms with van der Waals surface area (Å²) < 4.78 is 0. The predicted molar refractivity (Wildman–Crippen MR) is 93.4 cm³/mol. The number of hydrogen-bond acceptors (Lipinski definition) is 2. The Morgan fingerprint density at radius 1 is 1.13 bits per heavy atom. The fourth-order valence-electron chi connectivity index (χ4n) is 3.02. The molecule has 0 unspecified atom stereocenters. The Balaban J connectivity index is 2.12. The molecule has 2 rings (SSSR count). The molecule has 1 saturated carbocycles. The third-order valence-electron chi connectivity index (χ3n) is 4.50. The third-order valence-corrected chi connectivity index (χ3v) is 4.50. The van der Waals surface area contributed by atoms with Crippen LogP contribution in [0.25, 0.3) is 0 Å². The lowest BCUT2D eigenvalue weighted by atomic mass is 10.0. The SMILES string of the molecule is CCCN(CCC)C(=O)C1(C(=O)Nc2ccc(C)cc2C)CC1. The molecule has 0 heterocycles. The van der Waals surface area contributed by atoms with Gasteiger partial charge < -0.3 is 10.2 Å². The highest BCUT2D eigenvalue weighted by molar-refractivity contribution is 6.13. The number of aryl methyl sites for hydroxylation is 2. The van der Waals surface area contributed by atoms with Gasteiger partial charge in [-0.25, -0.2) is 0 Å². The second-order valence-electron chi connectivity index (χ2n) is 6.65. The van der Waals surface area contributed by atoms with Crippen LogP contribution in [0.15, 0.2) is 18.2 Å². The van der Waals surface area contributed by atoms with Gasteiger partial charge in [-0.15, -0.1) is 0 Å². The topological polar surface area (TPSA) is 49.4 Å². The lowest BCUT2D eigenvalue weighted by molar-refractivity contribution is -0.142. The molecule has 1 aromatic carbocycles. The molecule has 1 aliphatic rings. The Morgan fingerprint density at radius 3 is 2.22 bits per heavy atom. The van der Waals surface area contributed by atoms with E-state index in [0.29, 0.717) is 12.8 Å². The molecule has 4 nitrogen and oxygen atoms in total. The van der Waals surface area contributed by atoms with Crippen molar-refractivity contribution in [3.05, 3.63) is 29.3 Å². The standard InChI is InChI=1S/C19H28N2O2/c1-5-11-21(12-6-2)18(23)19(9-10-19)17(22)20-16-8-7-14(3)13-15(16)4/h7-8,13H,5-6,9-12H2,1-4H3,(H,20,22). The number of nitrogens with zero attached hydrogens (tertiary/aromatic N) is 1. The maximum atomic E-state index is 12.8. The average molecular weight is 316 g/mol. The zero-order valence-electron chi connectivity index (χ0n) is 14.7. The van der Waals surface area contributed by atoms with Crippen LogP contribution in [0.2, 0.25) is 0 Å². The van der Waals surface area contributed by atoms with E-state index < -0.39 is 5.41 Å². The molecule has 0 spiro atoms. The van der Waals surface area contributed by atoms with E-state index >= 15 is 0 Å². The van der Waals surface area contributed by atoms with E-state index in [4.69, 9.17) is 0 Å². The Labute approximate surface area is 139 Å². The van der Waals surface area contributed by atoms with Gasteiger partial charge in [-0.1, -0.05) is 31.5 Å². The van der Waals surface area contributed by atoms with Gasteiger partial charge in [0.25, 0.3) is 0 Å². The van der Waals surface area contributed by atoms with Gasteiger partial charge in [0.1, 0.15) is 5.41 Å². The van der Waals surface area contributed by atoms with Crippen molar-refractivity contribution < 1.29 is 9.59 Å². The van der Waals surface area contributed by atoms with E-state index in [9.17, 15) is 9.59 Å². The number of carbonyl (C=O) groups excluding carboxylic acids is 2. The highest BCUT2D eigenvalue weighted by atomic mass is 16.2. The fraction of sp³-hybridized carbons (Fsp3) is 0.579. The molecule has 0 saturated heterocycles. The Kier molecular flexibility index (Phi) is 5.45. The molecule has 1 aromatic rings. The lowest BCUT2D eigenvalue weighted by Gasteiger charge is -2.26. The van der Waals surface area contributed by atoms with Crippen molar-refractivity contribution in [1.29, 1.82) is 0 Å². The number of nitrogens with one attached hydrogen (secondary N) is 1. The molecule has 0 radical (unpaired) electrons. The summed E-state index contributed by atoms with van der Waals surface area (Å²) in [5.41, 5.74) is 2.16. The van der Waals surface area contributed by atoms with Crippen LogP contribution in [0.4, 0.5) is 5.69 Å². The van der Waals surface area contributed by atoms with Crippen LogP contribution in [0.1, 0.15) is 50.7 Å². The van der Waals surface area contributed by atoms with E-state index in [2.05, 4.69) is 19.2 Å². The summed E-state index contributed by atoms with van der Waals surface area (Å²) in [6.07, 6.45) is 3.15. The molecule has 2 amide bonds. The molecule has 4 heteroatoms. The van der Waals surface area contributed by atoms with Gasteiger partial charge >= 0.3 is 0 Å². The van der Waals surface area contributed by atoms with Crippen LogP contribution in [0, 0.1) is 19.3 Å². The smallest absolute Gasteiger partial charge is 0.240 e. The summed E-state index contributed by atoms with van der Waals surface area (Å²) in [6, 6.07) is 5.93. The van der Waals surface area contributed by atoms with Gasteiger partial charge in [-0.05, 0) is 51.2 Å². The third kappa shape index (κ3) is 3.74. The zero-order valence-corrected chi connectivity index (χ0v) is 14.7. The summed E-state index contributed by atoms with van der Waals surface area (Å²) in [5, 5.41) is 2.97. The maximum absolute atomic E-state index is 12.8. The van der Waals surface area contributed by atoms with Crippen molar-refractivity contribution in [2.24, 2.45) is 5.41 Å². The second kappa shape index (κ2) is 7.16. The van der Waals surface area contributed by atoms with Crippen LogP contribution >= 0.6 is 0 Å². The van der Waals surface area contributed by atoms with Gasteiger partial charge in [0.2, 0.25) is 11.8 Å². The largest absolute Gasteiger partial charge is 0.342 e. The van der Waals surface area contributed by atoms with Gasteiger partial charge in [-0.3, -0.25) is 9.59 Å². The second-order valence-corrected chi connectivity index (χ2v) is 6.65. The first-order chi connectivity index (χ1) is 10.9. The minimum absolute atomic E-state index is 0.00321. The first-order valence-electron chi connectivity index (χ1n) is 8.62. The van der Waals surface area contributed by atoms with Gasteiger partial charge in [0.15, 0.2) is 0 Å².